The summed E-state index contributed by atoms with van der Waals surface area (Å²) in [6, 6.07) is 0. The Morgan fingerprint density at radius 2 is 1.95 bits per heavy atom. The summed E-state index contributed by atoms with van der Waals surface area (Å²) in [5.41, 5.74) is 3.16. The lowest BCUT2D eigenvalue weighted by molar-refractivity contribution is 0.363. The number of imidazole rings is 1. The standard InChI is InChI=1S/C14H23ClN4/c1-6-11-13-14(18(5)17-11)19(12(7-15)16-13)8-10(4)9(2)3/h9-10H,6-8H2,1-5H3. The van der Waals surface area contributed by atoms with E-state index < -0.39 is 0 Å². The second kappa shape index (κ2) is 5.53. The minimum Gasteiger partial charge on any atom is -0.312 e. The van der Waals surface area contributed by atoms with Gasteiger partial charge < -0.3 is 4.57 Å². The predicted octanol–water partition coefficient (Wildman–Crippen LogP) is 3.36. The van der Waals surface area contributed by atoms with Crippen molar-refractivity contribution in [2.75, 3.05) is 0 Å². The summed E-state index contributed by atoms with van der Waals surface area (Å²) in [6.45, 7) is 9.82. The minimum absolute atomic E-state index is 0.447. The molecule has 1 atom stereocenters. The summed E-state index contributed by atoms with van der Waals surface area (Å²) < 4.78 is 4.17. The fourth-order valence-corrected chi connectivity index (χ4v) is 2.52. The van der Waals surface area contributed by atoms with E-state index >= 15 is 0 Å². The number of fused-ring (bicyclic) bond motifs is 1. The van der Waals surface area contributed by atoms with Crippen molar-refractivity contribution in [2.45, 2.75) is 46.5 Å². The first-order valence-electron chi connectivity index (χ1n) is 6.96. The van der Waals surface area contributed by atoms with Crippen LogP contribution in [0.1, 0.15) is 39.2 Å². The van der Waals surface area contributed by atoms with E-state index in [4.69, 9.17) is 11.6 Å². The molecule has 0 aliphatic carbocycles. The Bertz CT molecular complexity index is 568. The van der Waals surface area contributed by atoms with Gasteiger partial charge in [0, 0.05) is 13.6 Å². The SMILES string of the molecule is CCc1nn(C)c2c1nc(CCl)n2CC(C)C(C)C. The summed E-state index contributed by atoms with van der Waals surface area (Å²) in [5, 5.41) is 4.55. The number of aryl methyl sites for hydroxylation is 2. The van der Waals surface area contributed by atoms with Crippen molar-refractivity contribution in [2.24, 2.45) is 18.9 Å². The van der Waals surface area contributed by atoms with Gasteiger partial charge in [-0.25, -0.2) is 4.98 Å². The molecule has 2 aromatic heterocycles. The average Bonchev–Trinajstić information content (AvgIpc) is 2.88. The highest BCUT2D eigenvalue weighted by Crippen LogP contribution is 2.24. The molecule has 0 spiro atoms. The molecule has 2 rings (SSSR count). The summed E-state index contributed by atoms with van der Waals surface area (Å²) >= 11 is 6.06. The maximum Gasteiger partial charge on any atom is 0.158 e. The van der Waals surface area contributed by atoms with Crippen LogP contribution in [0.5, 0.6) is 0 Å². The van der Waals surface area contributed by atoms with Gasteiger partial charge in [0.05, 0.1) is 11.6 Å². The van der Waals surface area contributed by atoms with Crippen molar-refractivity contribution in [1.82, 2.24) is 19.3 Å². The van der Waals surface area contributed by atoms with Crippen molar-refractivity contribution in [3.63, 3.8) is 0 Å². The van der Waals surface area contributed by atoms with Gasteiger partial charge in [0.1, 0.15) is 11.3 Å². The number of alkyl halides is 1. The first kappa shape index (κ1) is 14.4. The molecule has 0 bridgehead atoms. The highest BCUT2D eigenvalue weighted by molar-refractivity contribution is 6.16. The second-order valence-corrected chi connectivity index (χ2v) is 5.86. The number of hydrogen-bond donors (Lipinski definition) is 0. The topological polar surface area (TPSA) is 35.6 Å². The molecular formula is C14H23ClN4. The molecule has 5 heteroatoms. The fourth-order valence-electron chi connectivity index (χ4n) is 2.32. The van der Waals surface area contributed by atoms with Crippen LogP contribution in [0.4, 0.5) is 0 Å². The van der Waals surface area contributed by atoms with Crippen molar-refractivity contribution in [3.05, 3.63) is 11.5 Å². The molecule has 4 nitrogen and oxygen atoms in total. The number of hydrogen-bond acceptors (Lipinski definition) is 2. The molecule has 0 fully saturated rings. The van der Waals surface area contributed by atoms with Crippen LogP contribution in [0.2, 0.25) is 0 Å². The third-order valence-corrected chi connectivity index (χ3v) is 4.17. The molecule has 19 heavy (non-hydrogen) atoms. The van der Waals surface area contributed by atoms with E-state index in [1.54, 1.807) is 0 Å². The molecule has 2 heterocycles. The third-order valence-electron chi connectivity index (χ3n) is 3.93. The van der Waals surface area contributed by atoms with Crippen LogP contribution in [-0.4, -0.2) is 19.3 Å². The average molecular weight is 283 g/mol. The zero-order valence-corrected chi connectivity index (χ0v) is 13.2. The van der Waals surface area contributed by atoms with Gasteiger partial charge in [0.2, 0.25) is 0 Å². The summed E-state index contributed by atoms with van der Waals surface area (Å²) in [5.74, 6) is 2.62. The van der Waals surface area contributed by atoms with E-state index in [0.717, 1.165) is 35.6 Å². The van der Waals surface area contributed by atoms with Gasteiger partial charge in [0.15, 0.2) is 5.65 Å². The molecule has 0 amide bonds. The van der Waals surface area contributed by atoms with Crippen LogP contribution in [0, 0.1) is 11.8 Å². The first-order chi connectivity index (χ1) is 8.99. The first-order valence-corrected chi connectivity index (χ1v) is 7.49. The van der Waals surface area contributed by atoms with Gasteiger partial charge in [-0.3, -0.25) is 4.68 Å². The molecule has 0 saturated carbocycles. The maximum atomic E-state index is 6.06. The van der Waals surface area contributed by atoms with Crippen molar-refractivity contribution < 1.29 is 0 Å². The molecule has 0 N–H and O–H groups in total. The Hall–Kier alpha value is -1.03. The molecule has 0 aliphatic heterocycles. The van der Waals surface area contributed by atoms with Crippen LogP contribution >= 0.6 is 11.6 Å². The maximum absolute atomic E-state index is 6.06. The van der Waals surface area contributed by atoms with Gasteiger partial charge in [-0.2, -0.15) is 5.10 Å². The zero-order chi connectivity index (χ0) is 14.2. The second-order valence-electron chi connectivity index (χ2n) is 5.59. The van der Waals surface area contributed by atoms with E-state index in [1.807, 2.05) is 11.7 Å². The number of nitrogens with zero attached hydrogens (tertiary/aromatic N) is 4. The van der Waals surface area contributed by atoms with Gasteiger partial charge in [-0.05, 0) is 18.3 Å². The van der Waals surface area contributed by atoms with Gasteiger partial charge >= 0.3 is 0 Å². The lowest BCUT2D eigenvalue weighted by Crippen LogP contribution is -2.16. The van der Waals surface area contributed by atoms with E-state index in [0.29, 0.717) is 17.7 Å². The van der Waals surface area contributed by atoms with Crippen LogP contribution in [0.15, 0.2) is 0 Å². The smallest absolute Gasteiger partial charge is 0.158 e. The molecule has 0 saturated heterocycles. The van der Waals surface area contributed by atoms with E-state index in [-0.39, 0.29) is 0 Å². The van der Waals surface area contributed by atoms with Crippen molar-refractivity contribution in [3.8, 4) is 0 Å². The molecule has 2 aromatic rings. The molecule has 0 radical (unpaired) electrons. The minimum atomic E-state index is 0.447. The monoisotopic (exact) mass is 282 g/mol. The molecule has 106 valence electrons. The van der Waals surface area contributed by atoms with Crippen LogP contribution in [0.3, 0.4) is 0 Å². The Kier molecular flexibility index (Phi) is 4.19. The van der Waals surface area contributed by atoms with Gasteiger partial charge in [-0.15, -0.1) is 11.6 Å². The molecular weight excluding hydrogens is 260 g/mol. The Morgan fingerprint density at radius 1 is 1.26 bits per heavy atom. The quantitative estimate of drug-likeness (QED) is 0.788. The van der Waals surface area contributed by atoms with E-state index in [9.17, 15) is 0 Å². The highest BCUT2D eigenvalue weighted by Gasteiger charge is 2.20. The normalized spacial score (nSPS) is 13.6. The van der Waals surface area contributed by atoms with Crippen molar-refractivity contribution in [1.29, 1.82) is 0 Å². The van der Waals surface area contributed by atoms with Gasteiger partial charge in [-0.1, -0.05) is 27.7 Å². The van der Waals surface area contributed by atoms with Gasteiger partial charge in [0.25, 0.3) is 0 Å². The van der Waals surface area contributed by atoms with E-state index in [1.165, 1.54) is 0 Å². The molecule has 0 aliphatic rings. The molecule has 1 unspecified atom stereocenters. The van der Waals surface area contributed by atoms with E-state index in [2.05, 4.69) is 42.3 Å². The Morgan fingerprint density at radius 3 is 2.47 bits per heavy atom. The number of rotatable bonds is 5. The lowest BCUT2D eigenvalue weighted by atomic mass is 9.98. The zero-order valence-electron chi connectivity index (χ0n) is 12.4. The summed E-state index contributed by atoms with van der Waals surface area (Å²) in [6.07, 6.45) is 0.899. The predicted molar refractivity (Wildman–Crippen MR) is 79.4 cm³/mol. The number of aromatic nitrogens is 4. The summed E-state index contributed by atoms with van der Waals surface area (Å²) in [7, 11) is 1.98. The Balaban J connectivity index is 2.54. The Labute approximate surface area is 119 Å². The number of halogens is 1. The lowest BCUT2D eigenvalue weighted by Gasteiger charge is -2.18. The fraction of sp³-hybridized carbons (Fsp3) is 0.714. The molecule has 0 aromatic carbocycles. The third kappa shape index (κ3) is 2.50. The van der Waals surface area contributed by atoms with Crippen molar-refractivity contribution >= 4 is 22.8 Å². The van der Waals surface area contributed by atoms with Crippen LogP contribution in [0.25, 0.3) is 11.2 Å². The largest absolute Gasteiger partial charge is 0.312 e. The highest BCUT2D eigenvalue weighted by atomic mass is 35.5. The van der Waals surface area contributed by atoms with Crippen LogP contribution < -0.4 is 0 Å². The summed E-state index contributed by atoms with van der Waals surface area (Å²) in [4.78, 5) is 4.68. The van der Waals surface area contributed by atoms with Crippen LogP contribution in [-0.2, 0) is 25.9 Å².